The van der Waals surface area contributed by atoms with Gasteiger partial charge in [-0.3, -0.25) is 4.79 Å². The molecule has 1 aliphatic heterocycles. The second-order valence-electron chi connectivity index (χ2n) is 3.47. The van der Waals surface area contributed by atoms with Crippen LogP contribution in [-0.2, 0) is 11.3 Å². The molecular weight excluding hydrogens is 249 g/mol. The van der Waals surface area contributed by atoms with Crippen LogP contribution in [0.3, 0.4) is 0 Å². The third-order valence-electron chi connectivity index (χ3n) is 2.19. The third kappa shape index (κ3) is 2.28. The average Bonchev–Trinajstić information content (AvgIpc) is 2.51. The Morgan fingerprint density at radius 2 is 2.12 bits per heavy atom. The van der Waals surface area contributed by atoms with Crippen molar-refractivity contribution in [1.29, 1.82) is 0 Å². The van der Waals surface area contributed by atoms with Crippen LogP contribution in [0.2, 0.25) is 10.0 Å². The molecule has 0 bridgehead atoms. The highest BCUT2D eigenvalue weighted by molar-refractivity contribution is 6.42. The van der Waals surface area contributed by atoms with Gasteiger partial charge in [-0.25, -0.2) is 5.01 Å². The molecular formula is C10H9Cl2N3O. The fourth-order valence-corrected chi connectivity index (χ4v) is 1.75. The van der Waals surface area contributed by atoms with Crippen molar-refractivity contribution < 1.29 is 4.79 Å². The SMILES string of the molecule is NC1=NN(Cc2ccc(Cl)c(Cl)c2)C(=O)C1. The first-order valence-electron chi connectivity index (χ1n) is 4.63. The van der Waals surface area contributed by atoms with Gasteiger partial charge in [0.25, 0.3) is 5.91 Å². The normalized spacial score (nSPS) is 15.5. The summed E-state index contributed by atoms with van der Waals surface area (Å²) in [6.45, 7) is 0.358. The summed E-state index contributed by atoms with van der Waals surface area (Å²) in [6.07, 6.45) is 0.182. The maximum Gasteiger partial charge on any atom is 0.250 e. The summed E-state index contributed by atoms with van der Waals surface area (Å²) >= 11 is 11.7. The highest BCUT2D eigenvalue weighted by atomic mass is 35.5. The minimum absolute atomic E-state index is 0.108. The first-order chi connectivity index (χ1) is 7.56. The van der Waals surface area contributed by atoms with Gasteiger partial charge in [0.2, 0.25) is 0 Å². The molecule has 4 nitrogen and oxygen atoms in total. The van der Waals surface area contributed by atoms with Gasteiger partial charge in [0.05, 0.1) is 23.0 Å². The van der Waals surface area contributed by atoms with Crippen molar-refractivity contribution in [3.05, 3.63) is 33.8 Å². The van der Waals surface area contributed by atoms with Gasteiger partial charge in [0.1, 0.15) is 5.84 Å². The van der Waals surface area contributed by atoms with Crippen LogP contribution in [-0.4, -0.2) is 16.8 Å². The number of rotatable bonds is 2. The molecule has 84 valence electrons. The number of hydrogen-bond donors (Lipinski definition) is 1. The summed E-state index contributed by atoms with van der Waals surface area (Å²) in [7, 11) is 0. The van der Waals surface area contributed by atoms with Crippen molar-refractivity contribution in [2.24, 2.45) is 10.8 Å². The molecule has 0 spiro atoms. The second-order valence-corrected chi connectivity index (χ2v) is 4.28. The number of nitrogens with two attached hydrogens (primary N) is 1. The van der Waals surface area contributed by atoms with E-state index >= 15 is 0 Å². The smallest absolute Gasteiger partial charge is 0.250 e. The number of hydrogen-bond acceptors (Lipinski definition) is 3. The maximum atomic E-state index is 11.4. The summed E-state index contributed by atoms with van der Waals surface area (Å²) in [5, 5.41) is 6.20. The van der Waals surface area contributed by atoms with Crippen LogP contribution >= 0.6 is 23.2 Å². The minimum atomic E-state index is -0.108. The molecule has 1 aromatic carbocycles. The molecule has 0 radical (unpaired) electrons. The molecule has 0 atom stereocenters. The van der Waals surface area contributed by atoms with Crippen LogP contribution < -0.4 is 5.73 Å². The summed E-state index contributed by atoms with van der Waals surface area (Å²) < 4.78 is 0. The first-order valence-corrected chi connectivity index (χ1v) is 5.39. The van der Waals surface area contributed by atoms with Crippen LogP contribution in [0.15, 0.2) is 23.3 Å². The lowest BCUT2D eigenvalue weighted by Crippen LogP contribution is -2.20. The van der Waals surface area contributed by atoms with E-state index in [2.05, 4.69) is 5.10 Å². The Bertz CT molecular complexity index is 473. The van der Waals surface area contributed by atoms with Crippen LogP contribution in [0.4, 0.5) is 0 Å². The Morgan fingerprint density at radius 3 is 2.69 bits per heavy atom. The van der Waals surface area contributed by atoms with Crippen LogP contribution in [0.25, 0.3) is 0 Å². The van der Waals surface area contributed by atoms with Gasteiger partial charge in [-0.2, -0.15) is 5.10 Å². The number of amidine groups is 1. The van der Waals surface area contributed by atoms with E-state index in [9.17, 15) is 4.79 Å². The van der Waals surface area contributed by atoms with Gasteiger partial charge >= 0.3 is 0 Å². The molecule has 1 amide bonds. The van der Waals surface area contributed by atoms with Crippen molar-refractivity contribution in [3.8, 4) is 0 Å². The maximum absolute atomic E-state index is 11.4. The van der Waals surface area contributed by atoms with Gasteiger partial charge in [-0.05, 0) is 17.7 Å². The topological polar surface area (TPSA) is 58.7 Å². The van der Waals surface area contributed by atoms with Crippen molar-refractivity contribution in [2.45, 2.75) is 13.0 Å². The number of benzene rings is 1. The molecule has 0 saturated heterocycles. The van der Waals surface area contributed by atoms with E-state index in [1.165, 1.54) is 5.01 Å². The van der Waals surface area contributed by atoms with E-state index in [0.717, 1.165) is 5.56 Å². The molecule has 0 aliphatic carbocycles. The van der Waals surface area contributed by atoms with Gasteiger partial charge in [0.15, 0.2) is 0 Å². The fourth-order valence-electron chi connectivity index (χ4n) is 1.43. The number of carbonyl (C=O) groups is 1. The summed E-state index contributed by atoms with van der Waals surface area (Å²) in [5.41, 5.74) is 6.33. The van der Waals surface area contributed by atoms with E-state index in [1.54, 1.807) is 18.2 Å². The molecule has 0 unspecified atom stereocenters. The molecule has 1 aliphatic rings. The van der Waals surface area contributed by atoms with Crippen molar-refractivity contribution in [3.63, 3.8) is 0 Å². The largest absolute Gasteiger partial charge is 0.385 e. The average molecular weight is 258 g/mol. The Kier molecular flexibility index (Phi) is 3.03. The van der Waals surface area contributed by atoms with Gasteiger partial charge in [0, 0.05) is 0 Å². The van der Waals surface area contributed by atoms with Crippen molar-refractivity contribution >= 4 is 34.9 Å². The Balaban J connectivity index is 2.15. The van der Waals surface area contributed by atoms with Crippen molar-refractivity contribution in [1.82, 2.24) is 5.01 Å². The molecule has 1 heterocycles. The molecule has 0 saturated carbocycles. The number of halogens is 2. The van der Waals surface area contributed by atoms with Gasteiger partial charge in [-0.1, -0.05) is 29.3 Å². The van der Waals surface area contributed by atoms with Gasteiger partial charge in [-0.15, -0.1) is 0 Å². The lowest BCUT2D eigenvalue weighted by Gasteiger charge is -2.11. The number of hydrazone groups is 1. The van der Waals surface area contributed by atoms with Crippen LogP contribution in [0.1, 0.15) is 12.0 Å². The molecule has 6 heteroatoms. The summed E-state index contributed by atoms with van der Waals surface area (Å²) in [5.74, 6) is 0.230. The predicted molar refractivity (Wildman–Crippen MR) is 63.3 cm³/mol. The standard InChI is InChI=1S/C10H9Cl2N3O/c11-7-2-1-6(3-8(7)12)5-15-10(16)4-9(13)14-15/h1-3H,4-5H2,(H2,13,14). The number of carbonyl (C=O) groups excluding carboxylic acids is 1. The third-order valence-corrected chi connectivity index (χ3v) is 2.92. The zero-order chi connectivity index (χ0) is 11.7. The Morgan fingerprint density at radius 1 is 1.38 bits per heavy atom. The lowest BCUT2D eigenvalue weighted by molar-refractivity contribution is -0.129. The second kappa shape index (κ2) is 4.31. The molecule has 0 aromatic heterocycles. The molecule has 2 N–H and O–H groups in total. The highest BCUT2D eigenvalue weighted by Gasteiger charge is 2.21. The zero-order valence-electron chi connectivity index (χ0n) is 8.28. The molecule has 0 fully saturated rings. The monoisotopic (exact) mass is 257 g/mol. The molecule has 2 rings (SSSR count). The van der Waals surface area contributed by atoms with E-state index in [-0.39, 0.29) is 12.3 Å². The Labute approximate surface area is 103 Å². The zero-order valence-corrected chi connectivity index (χ0v) is 9.79. The predicted octanol–water partition coefficient (Wildman–Crippen LogP) is 2.00. The van der Waals surface area contributed by atoms with E-state index in [1.807, 2.05) is 0 Å². The van der Waals surface area contributed by atoms with E-state index < -0.39 is 0 Å². The minimum Gasteiger partial charge on any atom is -0.385 e. The van der Waals surface area contributed by atoms with E-state index in [0.29, 0.717) is 22.4 Å². The quantitative estimate of drug-likeness (QED) is 0.881. The Hall–Kier alpha value is -1.26. The van der Waals surface area contributed by atoms with Crippen molar-refractivity contribution in [2.75, 3.05) is 0 Å². The first kappa shape index (κ1) is 11.2. The fraction of sp³-hybridized carbons (Fsp3) is 0.200. The van der Waals surface area contributed by atoms with Crippen LogP contribution in [0.5, 0.6) is 0 Å². The lowest BCUT2D eigenvalue weighted by atomic mass is 10.2. The summed E-state index contributed by atoms with van der Waals surface area (Å²) in [4.78, 5) is 11.4. The number of nitrogens with zero attached hydrogens (tertiary/aromatic N) is 2. The van der Waals surface area contributed by atoms with Crippen LogP contribution in [0, 0.1) is 0 Å². The molecule has 1 aromatic rings. The number of amides is 1. The van der Waals surface area contributed by atoms with E-state index in [4.69, 9.17) is 28.9 Å². The highest BCUT2D eigenvalue weighted by Crippen LogP contribution is 2.23. The molecule has 16 heavy (non-hydrogen) atoms. The van der Waals surface area contributed by atoms with Gasteiger partial charge < -0.3 is 5.73 Å². The summed E-state index contributed by atoms with van der Waals surface area (Å²) in [6, 6.07) is 5.19.